The van der Waals surface area contributed by atoms with Crippen molar-refractivity contribution >= 4 is 0 Å². The highest BCUT2D eigenvalue weighted by atomic mass is 19.1. The third kappa shape index (κ3) is 4.03. The highest BCUT2D eigenvalue weighted by Gasteiger charge is 2.32. The molecule has 1 unspecified atom stereocenters. The van der Waals surface area contributed by atoms with Gasteiger partial charge in [0.2, 0.25) is 0 Å². The summed E-state index contributed by atoms with van der Waals surface area (Å²) in [5.74, 6) is 0.558. The Morgan fingerprint density at radius 3 is 2.70 bits per heavy atom. The Labute approximate surface area is 121 Å². The lowest BCUT2D eigenvalue weighted by Gasteiger charge is -2.37. The van der Waals surface area contributed by atoms with Crippen molar-refractivity contribution in [2.45, 2.75) is 51.7 Å². The zero-order valence-corrected chi connectivity index (χ0v) is 12.6. The van der Waals surface area contributed by atoms with E-state index in [4.69, 9.17) is 4.74 Å². The average molecular weight is 279 g/mol. The van der Waals surface area contributed by atoms with E-state index < -0.39 is 0 Å². The molecule has 0 radical (unpaired) electrons. The van der Waals surface area contributed by atoms with Gasteiger partial charge >= 0.3 is 0 Å². The van der Waals surface area contributed by atoms with Crippen LogP contribution < -0.4 is 5.32 Å². The summed E-state index contributed by atoms with van der Waals surface area (Å²) in [5, 5.41) is 3.49. The molecule has 0 amide bonds. The first-order chi connectivity index (χ1) is 9.74. The summed E-state index contributed by atoms with van der Waals surface area (Å²) in [6.07, 6.45) is 4.73. The molecule has 1 aliphatic carbocycles. The smallest absolute Gasteiger partial charge is 0.127 e. The fourth-order valence-electron chi connectivity index (χ4n) is 2.97. The third-order valence-corrected chi connectivity index (χ3v) is 4.09. The molecule has 1 fully saturated rings. The van der Waals surface area contributed by atoms with E-state index in [1.807, 2.05) is 19.1 Å². The first kappa shape index (κ1) is 15.5. The van der Waals surface area contributed by atoms with Gasteiger partial charge in [-0.15, -0.1) is 0 Å². The molecule has 3 heteroatoms. The van der Waals surface area contributed by atoms with Crippen molar-refractivity contribution in [3.63, 3.8) is 0 Å². The topological polar surface area (TPSA) is 21.3 Å². The Hall–Kier alpha value is -0.930. The van der Waals surface area contributed by atoms with Gasteiger partial charge in [-0.25, -0.2) is 4.39 Å². The molecule has 1 aromatic carbocycles. The Kier molecular flexibility index (Phi) is 5.99. The number of nitrogens with one attached hydrogen (secondary N) is 1. The molecule has 2 nitrogen and oxygen atoms in total. The monoisotopic (exact) mass is 279 g/mol. The van der Waals surface area contributed by atoms with Crippen LogP contribution in [-0.4, -0.2) is 19.3 Å². The summed E-state index contributed by atoms with van der Waals surface area (Å²) in [6, 6.07) is 7.26. The van der Waals surface area contributed by atoms with Crippen LogP contribution in [0.15, 0.2) is 24.3 Å². The van der Waals surface area contributed by atoms with Gasteiger partial charge in [-0.2, -0.15) is 0 Å². The zero-order chi connectivity index (χ0) is 14.4. The number of rotatable bonds is 8. The fraction of sp³-hybridized carbons (Fsp3) is 0.647. The van der Waals surface area contributed by atoms with Crippen molar-refractivity contribution in [3.05, 3.63) is 35.6 Å². The average Bonchev–Trinajstić information content (AvgIpc) is 2.41. The normalized spacial score (nSPS) is 23.4. The molecule has 1 saturated carbocycles. The largest absolute Gasteiger partial charge is 0.378 e. The quantitative estimate of drug-likeness (QED) is 0.774. The summed E-state index contributed by atoms with van der Waals surface area (Å²) >= 11 is 0. The summed E-state index contributed by atoms with van der Waals surface area (Å²) in [6.45, 7) is 5.90. The van der Waals surface area contributed by atoms with E-state index in [-0.39, 0.29) is 11.9 Å². The van der Waals surface area contributed by atoms with Gasteiger partial charge in [0.1, 0.15) is 5.82 Å². The molecule has 0 bridgehead atoms. The van der Waals surface area contributed by atoms with Gasteiger partial charge in [-0.1, -0.05) is 25.1 Å². The fourth-order valence-corrected chi connectivity index (χ4v) is 2.97. The molecule has 112 valence electrons. The van der Waals surface area contributed by atoms with E-state index in [9.17, 15) is 4.39 Å². The number of halogens is 1. The molecule has 0 saturated heterocycles. The van der Waals surface area contributed by atoms with Crippen molar-refractivity contribution in [2.75, 3.05) is 13.2 Å². The zero-order valence-electron chi connectivity index (χ0n) is 12.6. The second-order valence-electron chi connectivity index (χ2n) is 5.68. The van der Waals surface area contributed by atoms with Crippen LogP contribution in [0.4, 0.5) is 4.39 Å². The summed E-state index contributed by atoms with van der Waals surface area (Å²) < 4.78 is 19.6. The minimum Gasteiger partial charge on any atom is -0.378 e. The minimum absolute atomic E-state index is 0.0956. The van der Waals surface area contributed by atoms with Crippen LogP contribution in [0.2, 0.25) is 0 Å². The summed E-state index contributed by atoms with van der Waals surface area (Å²) in [4.78, 5) is 0. The Bertz CT molecular complexity index is 404. The predicted octanol–water partition coefficient (Wildman–Crippen LogP) is 4.07. The van der Waals surface area contributed by atoms with Gasteiger partial charge in [0.25, 0.3) is 0 Å². The first-order valence-electron chi connectivity index (χ1n) is 7.84. The standard InChI is InChI=1S/C17H26FNO/c1-3-9-19-17(15-7-5-6-8-16(15)18)12-13-10-14(11-13)20-4-2/h5-8,13-14,17,19H,3-4,9-12H2,1-2H3. The summed E-state index contributed by atoms with van der Waals surface area (Å²) in [7, 11) is 0. The van der Waals surface area contributed by atoms with Gasteiger partial charge in [-0.05, 0) is 51.1 Å². The van der Waals surface area contributed by atoms with Crippen LogP contribution in [-0.2, 0) is 4.74 Å². The molecule has 2 rings (SSSR count). The molecule has 1 atom stereocenters. The van der Waals surface area contributed by atoms with E-state index in [1.165, 1.54) is 0 Å². The molecule has 20 heavy (non-hydrogen) atoms. The van der Waals surface area contributed by atoms with Crippen molar-refractivity contribution in [1.82, 2.24) is 5.32 Å². The second-order valence-corrected chi connectivity index (χ2v) is 5.68. The van der Waals surface area contributed by atoms with Crippen LogP contribution in [0.25, 0.3) is 0 Å². The number of hydrogen-bond acceptors (Lipinski definition) is 2. The Balaban J connectivity index is 1.93. The van der Waals surface area contributed by atoms with Crippen LogP contribution in [0, 0.1) is 11.7 Å². The maximum Gasteiger partial charge on any atom is 0.127 e. The van der Waals surface area contributed by atoms with E-state index >= 15 is 0 Å². The first-order valence-corrected chi connectivity index (χ1v) is 7.84. The van der Waals surface area contributed by atoms with Gasteiger partial charge in [0.05, 0.1) is 6.10 Å². The van der Waals surface area contributed by atoms with E-state index in [0.29, 0.717) is 12.0 Å². The third-order valence-electron chi connectivity index (χ3n) is 4.09. The SMILES string of the molecule is CCCNC(CC1CC(OCC)C1)c1ccccc1F. The summed E-state index contributed by atoms with van der Waals surface area (Å²) in [5.41, 5.74) is 0.806. The van der Waals surface area contributed by atoms with Gasteiger partial charge in [0.15, 0.2) is 0 Å². The molecule has 0 aromatic heterocycles. The number of benzene rings is 1. The van der Waals surface area contributed by atoms with Crippen LogP contribution in [0.5, 0.6) is 0 Å². The maximum absolute atomic E-state index is 14.0. The van der Waals surface area contributed by atoms with Crippen LogP contribution in [0.1, 0.15) is 51.1 Å². The lowest BCUT2D eigenvalue weighted by Crippen LogP contribution is -2.35. The van der Waals surface area contributed by atoms with Gasteiger partial charge in [-0.3, -0.25) is 0 Å². The molecular formula is C17H26FNO. The highest BCUT2D eigenvalue weighted by molar-refractivity contribution is 5.21. The lowest BCUT2D eigenvalue weighted by molar-refractivity contribution is -0.0292. The van der Waals surface area contributed by atoms with E-state index in [1.54, 1.807) is 12.1 Å². The Morgan fingerprint density at radius 1 is 1.30 bits per heavy atom. The molecule has 1 aromatic rings. The number of hydrogen-bond donors (Lipinski definition) is 1. The predicted molar refractivity (Wildman–Crippen MR) is 80.2 cm³/mol. The molecule has 0 spiro atoms. The highest BCUT2D eigenvalue weighted by Crippen LogP contribution is 2.37. The van der Waals surface area contributed by atoms with Crippen LogP contribution >= 0.6 is 0 Å². The molecule has 0 aliphatic heterocycles. The molecule has 1 aliphatic rings. The molecule has 1 N–H and O–H groups in total. The number of ether oxygens (including phenoxy) is 1. The van der Waals surface area contributed by atoms with Crippen molar-refractivity contribution < 1.29 is 9.13 Å². The van der Waals surface area contributed by atoms with Crippen LogP contribution in [0.3, 0.4) is 0 Å². The van der Waals surface area contributed by atoms with Crippen molar-refractivity contribution in [3.8, 4) is 0 Å². The lowest BCUT2D eigenvalue weighted by atomic mass is 9.77. The maximum atomic E-state index is 14.0. The van der Waals surface area contributed by atoms with E-state index in [0.717, 1.165) is 44.4 Å². The van der Waals surface area contributed by atoms with Crippen molar-refractivity contribution in [2.24, 2.45) is 5.92 Å². The van der Waals surface area contributed by atoms with E-state index in [2.05, 4.69) is 12.2 Å². The second kappa shape index (κ2) is 7.75. The van der Waals surface area contributed by atoms with Gasteiger partial charge in [0, 0.05) is 18.2 Å². The minimum atomic E-state index is -0.0956. The Morgan fingerprint density at radius 2 is 2.05 bits per heavy atom. The van der Waals surface area contributed by atoms with Gasteiger partial charge < -0.3 is 10.1 Å². The molecule has 0 heterocycles. The molecular weight excluding hydrogens is 253 g/mol. The van der Waals surface area contributed by atoms with Crippen molar-refractivity contribution in [1.29, 1.82) is 0 Å².